The van der Waals surface area contributed by atoms with E-state index in [1.807, 2.05) is 0 Å². The summed E-state index contributed by atoms with van der Waals surface area (Å²) in [5.41, 5.74) is 5.51. The maximum absolute atomic E-state index is 12.1. The highest BCUT2D eigenvalue weighted by molar-refractivity contribution is 7.80. The summed E-state index contributed by atoms with van der Waals surface area (Å²) in [6.07, 6.45) is -0.524. The van der Waals surface area contributed by atoms with Crippen molar-refractivity contribution in [2.24, 2.45) is 5.73 Å². The lowest BCUT2D eigenvalue weighted by Gasteiger charge is -2.22. The third kappa shape index (κ3) is 9.21. The van der Waals surface area contributed by atoms with Gasteiger partial charge in [-0.3, -0.25) is 24.0 Å². The van der Waals surface area contributed by atoms with Crippen LogP contribution in [0.5, 0.6) is 0 Å². The van der Waals surface area contributed by atoms with Crippen molar-refractivity contribution in [3.63, 3.8) is 0 Å². The maximum atomic E-state index is 12.1. The number of aliphatic hydroxyl groups is 1. The van der Waals surface area contributed by atoms with E-state index < -0.39 is 60.4 Å². The molecule has 12 nitrogen and oxygen atoms in total. The molecule has 0 aliphatic carbocycles. The van der Waals surface area contributed by atoms with Crippen molar-refractivity contribution in [2.75, 3.05) is 12.4 Å². The van der Waals surface area contributed by atoms with Gasteiger partial charge in [0.15, 0.2) is 0 Å². The van der Waals surface area contributed by atoms with Crippen LogP contribution in [-0.2, 0) is 24.0 Å². The number of carboxylic acid groups (broad SMARTS) is 2. The number of nitrogens with one attached hydrogen (secondary N) is 3. The van der Waals surface area contributed by atoms with E-state index in [1.54, 1.807) is 0 Å². The van der Waals surface area contributed by atoms with Gasteiger partial charge in [-0.1, -0.05) is 0 Å². The van der Waals surface area contributed by atoms with Gasteiger partial charge in [-0.2, -0.15) is 12.6 Å². The molecule has 0 bridgehead atoms. The van der Waals surface area contributed by atoms with Crippen LogP contribution in [0, 0.1) is 0 Å². The standard InChI is InChI=1S/C14H24N4O8S/c1-6(14(25)26)16-13(24)9(5-27)18-12(23)8(4-19)17-11(22)7(15)2-3-10(20)21/h6-9,19,27H,2-5,15H2,1H3,(H,16,24)(H,17,22)(H,18,23)(H,20,21)(H,25,26). The van der Waals surface area contributed by atoms with Gasteiger partial charge >= 0.3 is 11.9 Å². The van der Waals surface area contributed by atoms with E-state index in [-0.39, 0.29) is 18.6 Å². The van der Waals surface area contributed by atoms with Crippen LogP contribution in [0.4, 0.5) is 0 Å². The van der Waals surface area contributed by atoms with E-state index in [9.17, 15) is 29.1 Å². The number of thiol groups is 1. The second-order valence-electron chi connectivity index (χ2n) is 5.59. The van der Waals surface area contributed by atoms with E-state index >= 15 is 0 Å². The van der Waals surface area contributed by atoms with Gasteiger partial charge in [-0.05, 0) is 13.3 Å². The molecule has 0 aromatic heterocycles. The van der Waals surface area contributed by atoms with E-state index in [4.69, 9.17) is 15.9 Å². The van der Waals surface area contributed by atoms with Crippen LogP contribution in [0.15, 0.2) is 0 Å². The first kappa shape index (κ1) is 24.6. The Bertz CT molecular complexity index is 573. The van der Waals surface area contributed by atoms with Crippen molar-refractivity contribution in [3.8, 4) is 0 Å². The van der Waals surface area contributed by atoms with Gasteiger partial charge < -0.3 is 37.0 Å². The number of rotatable bonds is 12. The Labute approximate surface area is 160 Å². The molecule has 0 spiro atoms. The molecule has 0 aliphatic heterocycles. The Balaban J connectivity index is 4.80. The van der Waals surface area contributed by atoms with Gasteiger partial charge in [0.25, 0.3) is 0 Å². The van der Waals surface area contributed by atoms with Crippen molar-refractivity contribution in [1.82, 2.24) is 16.0 Å². The molecule has 27 heavy (non-hydrogen) atoms. The molecule has 4 atom stereocenters. The summed E-state index contributed by atoms with van der Waals surface area (Å²) < 4.78 is 0. The van der Waals surface area contributed by atoms with E-state index in [0.717, 1.165) is 0 Å². The molecule has 0 radical (unpaired) electrons. The number of aliphatic hydroxyl groups excluding tert-OH is 1. The number of carboxylic acids is 2. The van der Waals surface area contributed by atoms with Gasteiger partial charge in [0.05, 0.1) is 12.6 Å². The number of aliphatic carboxylic acids is 2. The zero-order valence-corrected chi connectivity index (χ0v) is 15.4. The lowest BCUT2D eigenvalue weighted by molar-refractivity contribution is -0.141. The topological polar surface area (TPSA) is 208 Å². The van der Waals surface area contributed by atoms with Crippen LogP contribution < -0.4 is 21.7 Å². The zero-order chi connectivity index (χ0) is 21.1. The molecule has 13 heteroatoms. The quantitative estimate of drug-likeness (QED) is 0.152. The van der Waals surface area contributed by atoms with Crippen LogP contribution in [0.1, 0.15) is 19.8 Å². The Morgan fingerprint density at radius 3 is 1.93 bits per heavy atom. The van der Waals surface area contributed by atoms with Crippen molar-refractivity contribution in [1.29, 1.82) is 0 Å². The average molecular weight is 408 g/mol. The molecule has 0 aliphatic rings. The Morgan fingerprint density at radius 1 is 0.963 bits per heavy atom. The summed E-state index contributed by atoms with van der Waals surface area (Å²) >= 11 is 3.90. The molecule has 154 valence electrons. The predicted octanol–water partition coefficient (Wildman–Crippen LogP) is -3.34. The third-order valence-electron chi connectivity index (χ3n) is 3.37. The number of hydrogen-bond donors (Lipinski definition) is 8. The van der Waals surface area contributed by atoms with E-state index in [0.29, 0.717) is 0 Å². The van der Waals surface area contributed by atoms with Gasteiger partial charge in [0.1, 0.15) is 18.1 Å². The van der Waals surface area contributed by atoms with Gasteiger partial charge in [0, 0.05) is 12.2 Å². The minimum atomic E-state index is -1.44. The summed E-state index contributed by atoms with van der Waals surface area (Å²) in [4.78, 5) is 57.2. The summed E-state index contributed by atoms with van der Waals surface area (Å²) in [7, 11) is 0. The first-order chi connectivity index (χ1) is 12.5. The number of amides is 3. The second-order valence-corrected chi connectivity index (χ2v) is 5.96. The van der Waals surface area contributed by atoms with Gasteiger partial charge in [-0.15, -0.1) is 0 Å². The molecule has 0 heterocycles. The molecule has 8 N–H and O–H groups in total. The van der Waals surface area contributed by atoms with Gasteiger partial charge in [0.2, 0.25) is 17.7 Å². The van der Waals surface area contributed by atoms with Crippen LogP contribution in [-0.4, -0.2) is 81.5 Å². The SMILES string of the molecule is CC(NC(=O)C(CS)NC(=O)C(CO)NC(=O)C(N)CCC(=O)O)C(=O)O. The summed E-state index contributed by atoms with van der Waals surface area (Å²) in [5.74, 6) is -5.18. The molecule has 0 saturated carbocycles. The van der Waals surface area contributed by atoms with E-state index in [1.165, 1.54) is 6.92 Å². The van der Waals surface area contributed by atoms with Crippen LogP contribution in [0.3, 0.4) is 0 Å². The first-order valence-electron chi connectivity index (χ1n) is 7.86. The maximum Gasteiger partial charge on any atom is 0.325 e. The molecular weight excluding hydrogens is 384 g/mol. The van der Waals surface area contributed by atoms with Crippen molar-refractivity contribution in [3.05, 3.63) is 0 Å². The number of nitrogens with two attached hydrogens (primary N) is 1. The van der Waals surface area contributed by atoms with Crippen molar-refractivity contribution < 1.29 is 39.3 Å². The predicted molar refractivity (Wildman–Crippen MR) is 94.9 cm³/mol. The molecule has 0 rings (SSSR count). The highest BCUT2D eigenvalue weighted by Crippen LogP contribution is 1.98. The number of hydrogen-bond acceptors (Lipinski definition) is 8. The summed E-state index contributed by atoms with van der Waals surface area (Å²) in [6.45, 7) is 0.419. The fourth-order valence-corrected chi connectivity index (χ4v) is 1.98. The number of carbonyl (C=O) groups excluding carboxylic acids is 3. The lowest BCUT2D eigenvalue weighted by Crippen LogP contribution is -2.58. The Hall–Kier alpha value is -2.38. The molecule has 0 aromatic rings. The van der Waals surface area contributed by atoms with E-state index in [2.05, 4.69) is 28.6 Å². The van der Waals surface area contributed by atoms with Gasteiger partial charge in [-0.25, -0.2) is 0 Å². The van der Waals surface area contributed by atoms with Crippen molar-refractivity contribution in [2.45, 2.75) is 43.9 Å². The zero-order valence-electron chi connectivity index (χ0n) is 14.5. The second kappa shape index (κ2) is 12.1. The number of carbonyl (C=O) groups is 5. The third-order valence-corrected chi connectivity index (χ3v) is 3.73. The minimum Gasteiger partial charge on any atom is -0.481 e. The molecular formula is C14H24N4O8S. The minimum absolute atomic E-state index is 0.171. The first-order valence-corrected chi connectivity index (χ1v) is 8.49. The lowest BCUT2D eigenvalue weighted by atomic mass is 10.1. The average Bonchev–Trinajstić information content (AvgIpc) is 2.60. The van der Waals surface area contributed by atoms with Crippen LogP contribution >= 0.6 is 12.6 Å². The molecule has 0 aromatic carbocycles. The molecule has 0 fully saturated rings. The largest absolute Gasteiger partial charge is 0.481 e. The van der Waals surface area contributed by atoms with Crippen molar-refractivity contribution >= 4 is 42.3 Å². The monoisotopic (exact) mass is 408 g/mol. The fourth-order valence-electron chi connectivity index (χ4n) is 1.73. The smallest absolute Gasteiger partial charge is 0.325 e. The Morgan fingerprint density at radius 2 is 1.48 bits per heavy atom. The highest BCUT2D eigenvalue weighted by Gasteiger charge is 2.28. The molecule has 3 amide bonds. The van der Waals surface area contributed by atoms with Crippen LogP contribution in [0.25, 0.3) is 0 Å². The summed E-state index contributed by atoms with van der Waals surface area (Å²) in [6, 6.07) is -5.06. The highest BCUT2D eigenvalue weighted by atomic mass is 32.1. The summed E-state index contributed by atoms with van der Waals surface area (Å²) in [5, 5.41) is 33.1. The molecule has 4 unspecified atom stereocenters. The fraction of sp³-hybridized carbons (Fsp3) is 0.643. The normalized spacial score (nSPS) is 15.0. The van der Waals surface area contributed by atoms with Crippen LogP contribution in [0.2, 0.25) is 0 Å². The molecule has 0 saturated heterocycles. The Kier molecular flexibility index (Phi) is 11.0.